The number of rotatable bonds is 9. The molecule has 0 bridgehead atoms. The molecule has 0 radical (unpaired) electrons. The number of hydrogen-bond acceptors (Lipinski definition) is 3. The minimum Gasteiger partial charge on any atom is -0.497 e. The van der Waals surface area contributed by atoms with Crippen molar-refractivity contribution in [2.45, 2.75) is 39.3 Å². The summed E-state index contributed by atoms with van der Waals surface area (Å²) in [6, 6.07) is 8.37. The van der Waals surface area contributed by atoms with Gasteiger partial charge in [0.1, 0.15) is 5.75 Å². The molecule has 2 N–H and O–H groups in total. The van der Waals surface area contributed by atoms with Crippen LogP contribution in [0, 0.1) is 0 Å². The summed E-state index contributed by atoms with van der Waals surface area (Å²) in [7, 11) is 3.46. The lowest BCUT2D eigenvalue weighted by atomic mass is 10.2. The summed E-state index contributed by atoms with van der Waals surface area (Å²) < 4.78 is 10.8. The van der Waals surface area contributed by atoms with E-state index in [0.29, 0.717) is 12.6 Å². The summed E-state index contributed by atoms with van der Waals surface area (Å²) in [6.45, 7) is 6.49. The summed E-state index contributed by atoms with van der Waals surface area (Å²) >= 11 is 0. The Morgan fingerprint density at radius 1 is 1.27 bits per heavy atom. The number of guanidine groups is 1. The number of ether oxygens (including phenoxy) is 2. The van der Waals surface area contributed by atoms with Crippen LogP contribution < -0.4 is 15.4 Å². The van der Waals surface area contributed by atoms with E-state index in [9.17, 15) is 0 Å². The van der Waals surface area contributed by atoms with Crippen LogP contribution in [0.2, 0.25) is 0 Å². The molecule has 0 aliphatic heterocycles. The zero-order chi connectivity index (χ0) is 16.2. The highest BCUT2D eigenvalue weighted by Gasteiger charge is 2.01. The number of nitrogens with zero attached hydrogens (tertiary/aromatic N) is 1. The van der Waals surface area contributed by atoms with Gasteiger partial charge in [0.15, 0.2) is 5.96 Å². The zero-order valence-electron chi connectivity index (χ0n) is 14.2. The van der Waals surface area contributed by atoms with E-state index in [1.54, 1.807) is 14.2 Å². The average Bonchev–Trinajstić information content (AvgIpc) is 2.57. The second-order valence-electron chi connectivity index (χ2n) is 5.21. The third-order valence-electron chi connectivity index (χ3n) is 3.40. The molecule has 0 heterocycles. The smallest absolute Gasteiger partial charge is 0.191 e. The van der Waals surface area contributed by atoms with E-state index in [1.165, 1.54) is 0 Å². The Labute approximate surface area is 134 Å². The third kappa shape index (κ3) is 7.31. The maximum absolute atomic E-state index is 5.67. The first-order valence-corrected chi connectivity index (χ1v) is 7.87. The van der Waals surface area contributed by atoms with Gasteiger partial charge in [-0.1, -0.05) is 19.1 Å². The highest BCUT2D eigenvalue weighted by molar-refractivity contribution is 5.79. The van der Waals surface area contributed by atoms with Gasteiger partial charge >= 0.3 is 0 Å². The van der Waals surface area contributed by atoms with Gasteiger partial charge in [-0.05, 0) is 37.5 Å². The molecule has 0 fully saturated rings. The van der Waals surface area contributed by atoms with Gasteiger partial charge < -0.3 is 20.1 Å². The standard InChI is InChI=1S/C17H29N3O2/c1-5-14(2)20-17(18-3)19-11-6-12-22-13-15-7-9-16(21-4)10-8-15/h7-10,14H,5-6,11-13H2,1-4H3,(H2,18,19,20). The number of hydrogen-bond donors (Lipinski definition) is 2. The third-order valence-corrected chi connectivity index (χ3v) is 3.40. The van der Waals surface area contributed by atoms with Gasteiger partial charge in [-0.3, -0.25) is 4.99 Å². The van der Waals surface area contributed by atoms with Crippen molar-refractivity contribution in [3.63, 3.8) is 0 Å². The van der Waals surface area contributed by atoms with Gasteiger partial charge in [-0.2, -0.15) is 0 Å². The van der Waals surface area contributed by atoms with Crippen LogP contribution in [0.5, 0.6) is 5.75 Å². The van der Waals surface area contributed by atoms with E-state index in [4.69, 9.17) is 9.47 Å². The van der Waals surface area contributed by atoms with Crippen molar-refractivity contribution in [2.75, 3.05) is 27.3 Å². The molecule has 1 unspecified atom stereocenters. The van der Waals surface area contributed by atoms with E-state index in [2.05, 4.69) is 29.5 Å². The predicted molar refractivity (Wildman–Crippen MR) is 91.5 cm³/mol. The molecule has 1 aromatic carbocycles. The zero-order valence-corrected chi connectivity index (χ0v) is 14.2. The maximum atomic E-state index is 5.67. The first-order chi connectivity index (χ1) is 10.7. The Morgan fingerprint density at radius 3 is 2.59 bits per heavy atom. The van der Waals surface area contributed by atoms with Crippen molar-refractivity contribution in [3.8, 4) is 5.75 Å². The summed E-state index contributed by atoms with van der Waals surface area (Å²) in [5.41, 5.74) is 1.16. The molecule has 5 heteroatoms. The highest BCUT2D eigenvalue weighted by atomic mass is 16.5. The van der Waals surface area contributed by atoms with Crippen molar-refractivity contribution < 1.29 is 9.47 Å². The van der Waals surface area contributed by atoms with Crippen LogP contribution >= 0.6 is 0 Å². The highest BCUT2D eigenvalue weighted by Crippen LogP contribution is 2.11. The largest absolute Gasteiger partial charge is 0.497 e. The normalized spacial score (nSPS) is 12.8. The van der Waals surface area contributed by atoms with Crippen LogP contribution in [0.1, 0.15) is 32.3 Å². The molecule has 0 aliphatic rings. The fourth-order valence-electron chi connectivity index (χ4n) is 1.82. The monoisotopic (exact) mass is 307 g/mol. The van der Waals surface area contributed by atoms with Crippen LogP contribution in [0.15, 0.2) is 29.3 Å². The second-order valence-corrected chi connectivity index (χ2v) is 5.21. The second kappa shape index (κ2) is 10.9. The van der Waals surface area contributed by atoms with E-state index in [0.717, 1.165) is 43.3 Å². The molecule has 0 saturated carbocycles. The fraction of sp³-hybridized carbons (Fsp3) is 0.588. The molecule has 22 heavy (non-hydrogen) atoms. The molecule has 0 saturated heterocycles. The lowest BCUT2D eigenvalue weighted by Crippen LogP contribution is -2.42. The Balaban J connectivity index is 2.12. The SMILES string of the molecule is CCC(C)NC(=NC)NCCCOCc1ccc(OC)cc1. The van der Waals surface area contributed by atoms with Gasteiger partial charge in [0.25, 0.3) is 0 Å². The number of methoxy groups -OCH3 is 1. The Morgan fingerprint density at radius 2 is 2.00 bits per heavy atom. The van der Waals surface area contributed by atoms with Crippen molar-refractivity contribution >= 4 is 5.96 Å². The molecule has 0 spiro atoms. The van der Waals surface area contributed by atoms with Crippen LogP contribution in [0.4, 0.5) is 0 Å². The number of nitrogens with one attached hydrogen (secondary N) is 2. The van der Waals surface area contributed by atoms with Gasteiger partial charge in [0, 0.05) is 26.2 Å². The molecule has 5 nitrogen and oxygen atoms in total. The van der Waals surface area contributed by atoms with E-state index < -0.39 is 0 Å². The predicted octanol–water partition coefficient (Wildman–Crippen LogP) is 2.57. The molecular formula is C17H29N3O2. The molecule has 1 rings (SSSR count). The summed E-state index contributed by atoms with van der Waals surface area (Å²) in [5, 5.41) is 6.62. The van der Waals surface area contributed by atoms with Crippen molar-refractivity contribution in [3.05, 3.63) is 29.8 Å². The van der Waals surface area contributed by atoms with Crippen LogP contribution in [-0.2, 0) is 11.3 Å². The number of aliphatic imine (C=N–C) groups is 1. The minimum absolute atomic E-state index is 0.428. The Bertz CT molecular complexity index is 432. The minimum atomic E-state index is 0.428. The van der Waals surface area contributed by atoms with E-state index >= 15 is 0 Å². The van der Waals surface area contributed by atoms with Gasteiger partial charge in [0.2, 0.25) is 0 Å². The lowest BCUT2D eigenvalue weighted by molar-refractivity contribution is 0.119. The van der Waals surface area contributed by atoms with Gasteiger partial charge in [-0.25, -0.2) is 0 Å². The maximum Gasteiger partial charge on any atom is 0.191 e. The summed E-state index contributed by atoms with van der Waals surface area (Å²) in [5.74, 6) is 1.72. The first-order valence-electron chi connectivity index (χ1n) is 7.87. The first kappa shape index (κ1) is 18.3. The quantitative estimate of drug-likeness (QED) is 0.418. The number of benzene rings is 1. The fourth-order valence-corrected chi connectivity index (χ4v) is 1.82. The molecule has 124 valence electrons. The van der Waals surface area contributed by atoms with Gasteiger partial charge in [-0.15, -0.1) is 0 Å². The molecule has 0 amide bonds. The summed E-state index contributed by atoms with van der Waals surface area (Å²) in [4.78, 5) is 4.20. The van der Waals surface area contributed by atoms with Crippen LogP contribution in [0.3, 0.4) is 0 Å². The van der Waals surface area contributed by atoms with Crippen molar-refractivity contribution in [1.29, 1.82) is 0 Å². The molecule has 0 aromatic heterocycles. The van der Waals surface area contributed by atoms with E-state index in [-0.39, 0.29) is 0 Å². The van der Waals surface area contributed by atoms with Crippen LogP contribution in [-0.4, -0.2) is 39.3 Å². The summed E-state index contributed by atoms with van der Waals surface area (Å²) in [6.07, 6.45) is 2.02. The topological polar surface area (TPSA) is 54.9 Å². The van der Waals surface area contributed by atoms with Crippen LogP contribution in [0.25, 0.3) is 0 Å². The van der Waals surface area contributed by atoms with E-state index in [1.807, 2.05) is 24.3 Å². The average molecular weight is 307 g/mol. The molecule has 0 aliphatic carbocycles. The lowest BCUT2D eigenvalue weighted by Gasteiger charge is -2.16. The molecule has 1 aromatic rings. The molecular weight excluding hydrogens is 278 g/mol. The Kier molecular flexibility index (Phi) is 9.07. The molecule has 1 atom stereocenters. The van der Waals surface area contributed by atoms with Gasteiger partial charge in [0.05, 0.1) is 13.7 Å². The van der Waals surface area contributed by atoms with Crippen molar-refractivity contribution in [2.24, 2.45) is 4.99 Å². The Hall–Kier alpha value is -1.75. The van der Waals surface area contributed by atoms with Crippen molar-refractivity contribution in [1.82, 2.24) is 10.6 Å².